The third kappa shape index (κ3) is 6.14. The highest BCUT2D eigenvalue weighted by molar-refractivity contribution is 5.87. The van der Waals surface area contributed by atoms with E-state index in [-0.39, 0.29) is 45.1 Å². The quantitative estimate of drug-likeness (QED) is 0.156. The van der Waals surface area contributed by atoms with Crippen LogP contribution in [0.2, 0.25) is 0 Å². The van der Waals surface area contributed by atoms with Crippen LogP contribution in [0.3, 0.4) is 0 Å². The van der Waals surface area contributed by atoms with Crippen molar-refractivity contribution in [3.8, 4) is 0 Å². The molecule has 5 aliphatic rings. The molecule has 7 unspecified atom stereocenters. The zero-order valence-corrected chi connectivity index (χ0v) is 32.7. The predicted octanol–water partition coefficient (Wildman–Crippen LogP) is 11.5. The second kappa shape index (κ2) is 13.8. The van der Waals surface area contributed by atoms with Gasteiger partial charge >= 0.3 is 11.9 Å². The standard InChI is InChI=1S/C48H62O4/c1-33(2)36-24-29-48(32-51-41(49)22-18-34-14-10-8-11-15-34)31-30-46(6)37(43(36)48)20-21-39-45(5)27-26-40(44(3,4)38(45)25-28-47(39,46)7)52-42(50)23-19-35-16-12-9-13-17-35/h8-19,22-23,36-40,43H,1,20-21,24-32H2,2-7H3/b22-18+,23-19+/t36?,37?,38?,39?,40?,43?,45-,46+,47+,48?/m0/s1. The van der Waals surface area contributed by atoms with Crippen molar-refractivity contribution in [3.05, 3.63) is 96.1 Å². The molecule has 278 valence electrons. The van der Waals surface area contributed by atoms with Crippen LogP contribution in [0.15, 0.2) is 85.0 Å². The van der Waals surface area contributed by atoms with Gasteiger partial charge in [-0.1, -0.05) is 107 Å². The summed E-state index contributed by atoms with van der Waals surface area (Å²) >= 11 is 0. The summed E-state index contributed by atoms with van der Waals surface area (Å²) in [5.41, 5.74) is 3.89. The number of carbonyl (C=O) groups excluding carboxylic acids is 2. The SMILES string of the molecule is C=C(C)C1CCC2(COC(=O)/C=C/c3ccccc3)CC[C@]3(C)C(CCC4[C@@]5(C)CCC(OC(=O)/C=C/c6ccccc6)C(C)(C)C5CC[C@]43C)C12. The van der Waals surface area contributed by atoms with E-state index < -0.39 is 0 Å². The molecule has 5 aliphatic carbocycles. The lowest BCUT2D eigenvalue weighted by atomic mass is 9.32. The fraction of sp³-hybridized carbons (Fsp3) is 0.583. The molecule has 5 saturated carbocycles. The zero-order valence-electron chi connectivity index (χ0n) is 32.7. The average Bonchev–Trinajstić information content (AvgIpc) is 3.52. The van der Waals surface area contributed by atoms with E-state index in [0.717, 1.165) is 43.2 Å². The minimum atomic E-state index is -0.234. The van der Waals surface area contributed by atoms with Crippen LogP contribution in [0, 0.1) is 56.7 Å². The first-order chi connectivity index (χ1) is 24.7. The smallest absolute Gasteiger partial charge is 0.331 e. The lowest BCUT2D eigenvalue weighted by Gasteiger charge is -2.73. The van der Waals surface area contributed by atoms with Gasteiger partial charge in [-0.2, -0.15) is 0 Å². The van der Waals surface area contributed by atoms with Gasteiger partial charge < -0.3 is 9.47 Å². The molecule has 2 aromatic rings. The Balaban J connectivity index is 1.09. The van der Waals surface area contributed by atoms with Crippen LogP contribution in [0.1, 0.15) is 117 Å². The third-order valence-electron chi connectivity index (χ3n) is 16.4. The highest BCUT2D eigenvalue weighted by Crippen LogP contribution is 2.77. The fourth-order valence-corrected chi connectivity index (χ4v) is 13.6. The van der Waals surface area contributed by atoms with E-state index in [2.05, 4.69) is 48.1 Å². The van der Waals surface area contributed by atoms with E-state index in [0.29, 0.717) is 36.2 Å². The van der Waals surface area contributed by atoms with E-state index in [1.165, 1.54) is 37.7 Å². The summed E-state index contributed by atoms with van der Waals surface area (Å²) in [4.78, 5) is 26.2. The van der Waals surface area contributed by atoms with Gasteiger partial charge in [-0.25, -0.2) is 9.59 Å². The Kier molecular flexibility index (Phi) is 9.79. The van der Waals surface area contributed by atoms with Crippen LogP contribution in [0.4, 0.5) is 0 Å². The van der Waals surface area contributed by atoms with Gasteiger partial charge in [-0.3, -0.25) is 0 Å². The van der Waals surface area contributed by atoms with Gasteiger partial charge in [0.25, 0.3) is 0 Å². The molecule has 0 bridgehead atoms. The van der Waals surface area contributed by atoms with Crippen LogP contribution in [-0.4, -0.2) is 24.6 Å². The van der Waals surface area contributed by atoms with Crippen LogP contribution in [-0.2, 0) is 19.1 Å². The summed E-state index contributed by atoms with van der Waals surface area (Å²) < 4.78 is 12.5. The Bertz CT molecular complexity index is 1710. The Morgan fingerprint density at radius 2 is 1.35 bits per heavy atom. The second-order valence-electron chi connectivity index (χ2n) is 18.9. The van der Waals surface area contributed by atoms with Crippen LogP contribution < -0.4 is 0 Å². The number of carbonyl (C=O) groups is 2. The van der Waals surface area contributed by atoms with E-state index in [4.69, 9.17) is 9.47 Å². The summed E-state index contributed by atoms with van der Waals surface area (Å²) in [6.45, 7) is 20.0. The van der Waals surface area contributed by atoms with Gasteiger partial charge in [0.2, 0.25) is 0 Å². The molecule has 2 aromatic carbocycles. The fourth-order valence-electron chi connectivity index (χ4n) is 13.6. The van der Waals surface area contributed by atoms with Gasteiger partial charge in [0.05, 0.1) is 6.61 Å². The largest absolute Gasteiger partial charge is 0.462 e. The minimum Gasteiger partial charge on any atom is -0.462 e. The maximum absolute atomic E-state index is 13.1. The Morgan fingerprint density at radius 1 is 0.712 bits per heavy atom. The topological polar surface area (TPSA) is 52.6 Å². The van der Waals surface area contributed by atoms with Crippen molar-refractivity contribution < 1.29 is 19.1 Å². The number of rotatable bonds is 8. The molecule has 0 heterocycles. The average molecular weight is 703 g/mol. The van der Waals surface area contributed by atoms with Crippen LogP contribution >= 0.6 is 0 Å². The Morgan fingerprint density at radius 3 is 1.98 bits per heavy atom. The molecule has 0 radical (unpaired) electrons. The molecule has 0 N–H and O–H groups in total. The van der Waals surface area contributed by atoms with E-state index >= 15 is 0 Å². The van der Waals surface area contributed by atoms with Gasteiger partial charge in [0.15, 0.2) is 0 Å². The lowest BCUT2D eigenvalue weighted by Crippen LogP contribution is -2.67. The highest BCUT2D eigenvalue weighted by Gasteiger charge is 2.71. The van der Waals surface area contributed by atoms with Crippen molar-refractivity contribution in [2.75, 3.05) is 6.61 Å². The van der Waals surface area contributed by atoms with E-state index in [1.54, 1.807) is 12.2 Å². The number of esters is 2. The molecule has 7 rings (SSSR count). The number of fused-ring (bicyclic) bond motifs is 7. The van der Waals surface area contributed by atoms with Crippen LogP contribution in [0.5, 0.6) is 0 Å². The van der Waals surface area contributed by atoms with Crippen molar-refractivity contribution in [3.63, 3.8) is 0 Å². The van der Waals surface area contributed by atoms with Gasteiger partial charge in [-0.05, 0) is 140 Å². The van der Waals surface area contributed by atoms with E-state index in [1.807, 2.05) is 72.8 Å². The predicted molar refractivity (Wildman–Crippen MR) is 211 cm³/mol. The van der Waals surface area contributed by atoms with Crippen molar-refractivity contribution in [2.45, 2.75) is 112 Å². The molecule has 5 fully saturated rings. The molecule has 0 spiro atoms. The normalized spacial score (nSPS) is 39.2. The molecule has 52 heavy (non-hydrogen) atoms. The number of allylic oxidation sites excluding steroid dienone is 1. The van der Waals surface area contributed by atoms with E-state index in [9.17, 15) is 9.59 Å². The number of hydrogen-bond acceptors (Lipinski definition) is 4. The molecule has 10 atom stereocenters. The van der Waals surface area contributed by atoms with Gasteiger partial charge in [0.1, 0.15) is 6.10 Å². The summed E-state index contributed by atoms with van der Waals surface area (Å²) in [7, 11) is 0. The molecule has 0 aliphatic heterocycles. The monoisotopic (exact) mass is 702 g/mol. The number of hydrogen-bond donors (Lipinski definition) is 0. The molecule has 0 aromatic heterocycles. The van der Waals surface area contributed by atoms with Gasteiger partial charge in [-0.15, -0.1) is 0 Å². The lowest BCUT2D eigenvalue weighted by molar-refractivity contribution is -0.251. The molecular weight excluding hydrogens is 641 g/mol. The summed E-state index contributed by atoms with van der Waals surface area (Å²) in [5.74, 6) is 2.24. The Labute approximate surface area is 313 Å². The molecule has 0 saturated heterocycles. The van der Waals surface area contributed by atoms with Crippen molar-refractivity contribution in [1.29, 1.82) is 0 Å². The molecular formula is C48H62O4. The summed E-state index contributed by atoms with van der Waals surface area (Å²) in [6, 6.07) is 19.9. The third-order valence-corrected chi connectivity index (χ3v) is 16.4. The molecule has 0 amide bonds. The van der Waals surface area contributed by atoms with Crippen molar-refractivity contribution in [2.24, 2.45) is 56.7 Å². The summed E-state index contributed by atoms with van der Waals surface area (Å²) in [6.07, 6.45) is 18.3. The zero-order chi connectivity index (χ0) is 36.9. The second-order valence-corrected chi connectivity index (χ2v) is 18.9. The first kappa shape index (κ1) is 36.9. The Hall–Kier alpha value is -3.40. The minimum absolute atomic E-state index is 0.0211. The molecule has 4 heteroatoms. The highest BCUT2D eigenvalue weighted by atomic mass is 16.5. The van der Waals surface area contributed by atoms with Crippen LogP contribution in [0.25, 0.3) is 12.2 Å². The maximum Gasteiger partial charge on any atom is 0.331 e. The van der Waals surface area contributed by atoms with Gasteiger partial charge in [0, 0.05) is 23.0 Å². The van der Waals surface area contributed by atoms with Crippen molar-refractivity contribution in [1.82, 2.24) is 0 Å². The first-order valence-corrected chi connectivity index (χ1v) is 20.2. The first-order valence-electron chi connectivity index (χ1n) is 20.2. The molecule has 4 nitrogen and oxygen atoms in total. The number of ether oxygens (including phenoxy) is 2. The number of benzene rings is 2. The maximum atomic E-state index is 13.1. The van der Waals surface area contributed by atoms with Crippen molar-refractivity contribution >= 4 is 24.1 Å². The summed E-state index contributed by atoms with van der Waals surface area (Å²) in [5, 5.41) is 0.